The molecule has 1 aliphatic rings. The zero-order chi connectivity index (χ0) is 23.8. The Kier molecular flexibility index (Phi) is 9.43. The summed E-state index contributed by atoms with van der Waals surface area (Å²) in [5.41, 5.74) is 2.98. The first-order chi connectivity index (χ1) is 15.9. The van der Waals surface area contributed by atoms with Crippen LogP contribution in [0, 0.1) is 13.8 Å². The molecule has 0 amide bonds. The van der Waals surface area contributed by atoms with E-state index < -0.39 is 24.1 Å². The molecule has 33 heavy (non-hydrogen) atoms. The Morgan fingerprint density at radius 1 is 0.970 bits per heavy atom. The van der Waals surface area contributed by atoms with Gasteiger partial charge in [-0.2, -0.15) is 0 Å². The standard InChI is InChI=1S/C25H28O6S2/c1-4-13-29-22-21(15-32-28)33-20(14-30-24(26)18-9-5-16(2)6-10-18)23(22)31-25(27)19-11-7-17(3)8-12-19/h4-12,20-23,28H,1,13-15H2,2-3H3/t20-,21?,22-,23+/m1/s1. The van der Waals surface area contributed by atoms with Crippen LogP contribution in [0.2, 0.25) is 0 Å². The topological polar surface area (TPSA) is 82.1 Å². The SMILES string of the molecule is C=CCO[C@@H]1C(CSO)S[C@H](COC(=O)c2ccc(C)cc2)[C@@H]1OC(=O)c1ccc(C)cc1. The molecule has 1 heterocycles. The maximum atomic E-state index is 12.9. The van der Waals surface area contributed by atoms with E-state index in [1.54, 1.807) is 30.3 Å². The molecular weight excluding hydrogens is 460 g/mol. The van der Waals surface area contributed by atoms with Crippen LogP contribution in [0.3, 0.4) is 0 Å². The molecule has 2 aromatic rings. The average molecular weight is 489 g/mol. The van der Waals surface area contributed by atoms with Crippen molar-refractivity contribution in [1.29, 1.82) is 0 Å². The summed E-state index contributed by atoms with van der Waals surface area (Å²) in [5.74, 6) is -0.532. The zero-order valence-corrected chi connectivity index (χ0v) is 20.3. The Morgan fingerprint density at radius 3 is 2.09 bits per heavy atom. The van der Waals surface area contributed by atoms with Crippen molar-refractivity contribution < 1.29 is 28.4 Å². The molecule has 1 saturated heterocycles. The molecule has 0 bridgehead atoms. The van der Waals surface area contributed by atoms with Crippen LogP contribution in [-0.4, -0.2) is 58.2 Å². The molecule has 0 aromatic heterocycles. The number of ether oxygens (including phenoxy) is 3. The molecule has 8 heteroatoms. The Morgan fingerprint density at radius 2 is 1.55 bits per heavy atom. The predicted molar refractivity (Wildman–Crippen MR) is 132 cm³/mol. The van der Waals surface area contributed by atoms with Crippen molar-refractivity contribution >= 4 is 35.7 Å². The fourth-order valence-corrected chi connectivity index (χ4v) is 5.66. The third kappa shape index (κ3) is 6.86. The van der Waals surface area contributed by atoms with Gasteiger partial charge in [-0.25, -0.2) is 9.59 Å². The fourth-order valence-electron chi connectivity index (χ4n) is 3.48. The molecular formula is C25H28O6S2. The monoisotopic (exact) mass is 488 g/mol. The van der Waals surface area contributed by atoms with Gasteiger partial charge in [-0.1, -0.05) is 41.5 Å². The lowest BCUT2D eigenvalue weighted by atomic mass is 10.1. The summed E-state index contributed by atoms with van der Waals surface area (Å²) < 4.78 is 26.8. The van der Waals surface area contributed by atoms with Gasteiger partial charge in [-0.15, -0.1) is 18.3 Å². The summed E-state index contributed by atoms with van der Waals surface area (Å²) in [4.78, 5) is 25.4. The summed E-state index contributed by atoms with van der Waals surface area (Å²) in [6.07, 6.45) is 0.481. The molecule has 6 nitrogen and oxygen atoms in total. The maximum Gasteiger partial charge on any atom is 0.338 e. The number of rotatable bonds is 10. The highest BCUT2D eigenvalue weighted by atomic mass is 32.2. The van der Waals surface area contributed by atoms with Crippen LogP contribution >= 0.6 is 23.8 Å². The minimum atomic E-state index is -0.660. The van der Waals surface area contributed by atoms with Crippen molar-refractivity contribution in [3.8, 4) is 0 Å². The van der Waals surface area contributed by atoms with E-state index in [0.717, 1.165) is 11.1 Å². The van der Waals surface area contributed by atoms with Gasteiger partial charge >= 0.3 is 11.9 Å². The first kappa shape index (κ1) is 25.4. The Bertz CT molecular complexity index is 944. The lowest BCUT2D eigenvalue weighted by molar-refractivity contribution is -0.0426. The van der Waals surface area contributed by atoms with Crippen LogP contribution in [0.15, 0.2) is 61.2 Å². The van der Waals surface area contributed by atoms with Gasteiger partial charge < -0.3 is 18.8 Å². The quantitative estimate of drug-likeness (QED) is 0.286. The van der Waals surface area contributed by atoms with Crippen LogP contribution in [0.5, 0.6) is 0 Å². The molecule has 1 N–H and O–H groups in total. The highest BCUT2D eigenvalue weighted by molar-refractivity contribution is 8.02. The molecule has 0 aliphatic carbocycles. The fraction of sp³-hybridized carbons (Fsp3) is 0.360. The van der Waals surface area contributed by atoms with Gasteiger partial charge in [0.05, 0.1) is 23.0 Å². The van der Waals surface area contributed by atoms with E-state index >= 15 is 0 Å². The van der Waals surface area contributed by atoms with Gasteiger partial charge in [-0.05, 0) is 50.2 Å². The summed E-state index contributed by atoms with van der Waals surface area (Å²) in [5, 5.41) is -0.500. The number of thioether (sulfide) groups is 1. The maximum absolute atomic E-state index is 12.9. The van der Waals surface area contributed by atoms with E-state index in [-0.39, 0.29) is 23.7 Å². The summed E-state index contributed by atoms with van der Waals surface area (Å²) in [6.45, 7) is 7.89. The molecule has 0 saturated carbocycles. The van der Waals surface area contributed by atoms with E-state index in [1.165, 1.54) is 11.8 Å². The van der Waals surface area contributed by atoms with Gasteiger partial charge in [0, 0.05) is 11.0 Å². The predicted octanol–water partition coefficient (Wildman–Crippen LogP) is 4.95. The van der Waals surface area contributed by atoms with Gasteiger partial charge in [0.25, 0.3) is 0 Å². The number of esters is 2. The van der Waals surface area contributed by atoms with Crippen LogP contribution in [0.25, 0.3) is 0 Å². The van der Waals surface area contributed by atoms with Gasteiger partial charge in [0.15, 0.2) is 0 Å². The number of hydrogen-bond donors (Lipinski definition) is 1. The summed E-state index contributed by atoms with van der Waals surface area (Å²) >= 11 is 2.19. The molecule has 0 radical (unpaired) electrons. The Labute approximate surface area is 202 Å². The van der Waals surface area contributed by atoms with E-state index in [1.807, 2.05) is 38.1 Å². The van der Waals surface area contributed by atoms with E-state index in [4.69, 9.17) is 14.2 Å². The van der Waals surface area contributed by atoms with E-state index in [0.29, 0.717) is 28.9 Å². The van der Waals surface area contributed by atoms with Crippen molar-refractivity contribution in [3.05, 3.63) is 83.4 Å². The number of carbonyl (C=O) groups is 2. The smallest absolute Gasteiger partial charge is 0.338 e. The number of hydrogen-bond acceptors (Lipinski definition) is 8. The third-order valence-electron chi connectivity index (χ3n) is 5.25. The highest BCUT2D eigenvalue weighted by Gasteiger charge is 2.48. The van der Waals surface area contributed by atoms with Gasteiger partial charge in [0.1, 0.15) is 18.8 Å². The number of aryl methyl sites for hydroxylation is 2. The first-order valence-corrected chi connectivity index (χ1v) is 12.5. The third-order valence-corrected chi connectivity index (χ3v) is 7.51. The molecule has 1 unspecified atom stereocenters. The normalized spacial score (nSPS) is 22.0. The summed E-state index contributed by atoms with van der Waals surface area (Å²) in [7, 11) is 0. The second-order valence-electron chi connectivity index (χ2n) is 7.80. The van der Waals surface area contributed by atoms with Crippen molar-refractivity contribution in [1.82, 2.24) is 0 Å². The zero-order valence-electron chi connectivity index (χ0n) is 18.6. The second kappa shape index (κ2) is 12.3. The van der Waals surface area contributed by atoms with E-state index in [9.17, 15) is 14.1 Å². The first-order valence-electron chi connectivity index (χ1n) is 10.6. The Hall–Kier alpha value is -2.26. The minimum absolute atomic E-state index is 0.0454. The van der Waals surface area contributed by atoms with Crippen molar-refractivity contribution in [2.24, 2.45) is 0 Å². The van der Waals surface area contributed by atoms with Gasteiger partial charge in [-0.3, -0.25) is 0 Å². The number of benzene rings is 2. The van der Waals surface area contributed by atoms with Crippen LogP contribution in [-0.2, 0) is 14.2 Å². The van der Waals surface area contributed by atoms with Crippen molar-refractivity contribution in [3.63, 3.8) is 0 Å². The highest BCUT2D eigenvalue weighted by Crippen LogP contribution is 2.40. The molecule has 3 rings (SSSR count). The van der Waals surface area contributed by atoms with Crippen LogP contribution in [0.1, 0.15) is 31.8 Å². The Balaban J connectivity index is 1.76. The number of carbonyl (C=O) groups excluding carboxylic acids is 2. The van der Waals surface area contributed by atoms with Crippen molar-refractivity contribution in [2.75, 3.05) is 19.0 Å². The molecule has 1 fully saturated rings. The van der Waals surface area contributed by atoms with Gasteiger partial charge in [0.2, 0.25) is 0 Å². The molecule has 176 valence electrons. The summed E-state index contributed by atoms with van der Waals surface area (Å²) in [6, 6.07) is 14.3. The molecule has 2 aromatic carbocycles. The second-order valence-corrected chi connectivity index (χ2v) is 9.87. The lowest BCUT2D eigenvalue weighted by Gasteiger charge is -2.25. The largest absolute Gasteiger partial charge is 0.461 e. The minimum Gasteiger partial charge on any atom is -0.461 e. The van der Waals surface area contributed by atoms with Crippen LogP contribution in [0.4, 0.5) is 0 Å². The molecule has 1 aliphatic heterocycles. The molecule has 0 spiro atoms. The van der Waals surface area contributed by atoms with Crippen molar-refractivity contribution in [2.45, 2.75) is 36.6 Å². The average Bonchev–Trinajstić information content (AvgIpc) is 3.12. The van der Waals surface area contributed by atoms with E-state index in [2.05, 4.69) is 6.58 Å². The molecule has 4 atom stereocenters. The lowest BCUT2D eigenvalue weighted by Crippen LogP contribution is -2.41. The van der Waals surface area contributed by atoms with Crippen LogP contribution < -0.4 is 0 Å².